The molecule has 3 rings (SSSR count). The number of benzene rings is 2. The highest BCUT2D eigenvalue weighted by Gasteiger charge is 2.41. The predicted octanol–water partition coefficient (Wildman–Crippen LogP) is 3.55. The van der Waals surface area contributed by atoms with Crippen LogP contribution in [0.15, 0.2) is 53.5 Å². The Bertz CT molecular complexity index is 753. The molecule has 132 valence electrons. The van der Waals surface area contributed by atoms with Gasteiger partial charge < -0.3 is 20.5 Å². The second kappa shape index (κ2) is 7.05. The van der Waals surface area contributed by atoms with E-state index in [1.165, 1.54) is 5.56 Å². The number of aliphatic imine (C=N–C) groups is 1. The van der Waals surface area contributed by atoms with E-state index in [0.29, 0.717) is 17.5 Å². The van der Waals surface area contributed by atoms with Crippen LogP contribution in [-0.4, -0.2) is 26.2 Å². The summed E-state index contributed by atoms with van der Waals surface area (Å²) in [5.74, 6) is 1.76. The first-order valence-corrected chi connectivity index (χ1v) is 8.42. The molecular weight excluding hydrogens is 314 g/mol. The van der Waals surface area contributed by atoms with Crippen molar-refractivity contribution < 1.29 is 9.47 Å². The first-order chi connectivity index (χ1) is 12.0. The Morgan fingerprint density at radius 3 is 2.40 bits per heavy atom. The molecule has 0 amide bonds. The Hall–Kier alpha value is -2.69. The number of guanidine groups is 1. The molecule has 0 aromatic heterocycles. The van der Waals surface area contributed by atoms with Crippen molar-refractivity contribution in [1.29, 1.82) is 0 Å². The number of hydrogen-bond donors (Lipinski definition) is 2. The number of hydrogen-bond acceptors (Lipinski definition) is 3. The van der Waals surface area contributed by atoms with E-state index in [4.69, 9.17) is 15.2 Å². The maximum atomic E-state index is 6.07. The van der Waals surface area contributed by atoms with Crippen LogP contribution in [0.4, 0.5) is 5.69 Å². The molecule has 1 aliphatic rings. The summed E-state index contributed by atoms with van der Waals surface area (Å²) in [4.78, 5) is 4.61. The normalized spacial score (nSPS) is 22.8. The molecule has 1 aliphatic carbocycles. The third kappa shape index (κ3) is 3.71. The summed E-state index contributed by atoms with van der Waals surface area (Å²) in [5, 5.41) is 3.13. The van der Waals surface area contributed by atoms with Gasteiger partial charge in [0.2, 0.25) is 0 Å². The molecule has 25 heavy (non-hydrogen) atoms. The second-order valence-electron chi connectivity index (χ2n) is 6.70. The minimum absolute atomic E-state index is 0.193. The van der Waals surface area contributed by atoms with Crippen molar-refractivity contribution >= 4 is 11.6 Å². The first-order valence-electron chi connectivity index (χ1n) is 8.42. The van der Waals surface area contributed by atoms with E-state index in [0.717, 1.165) is 18.5 Å². The Morgan fingerprint density at radius 1 is 1.08 bits per heavy atom. The highest BCUT2D eigenvalue weighted by atomic mass is 16.5. The molecule has 0 spiro atoms. The van der Waals surface area contributed by atoms with E-state index in [9.17, 15) is 0 Å². The van der Waals surface area contributed by atoms with Crippen LogP contribution in [0.25, 0.3) is 0 Å². The summed E-state index contributed by atoms with van der Waals surface area (Å²) in [7, 11) is 3.22. The molecule has 0 atom stereocenters. The van der Waals surface area contributed by atoms with Gasteiger partial charge in [-0.3, -0.25) is 0 Å². The number of nitrogens with one attached hydrogen (secondary N) is 1. The van der Waals surface area contributed by atoms with Crippen molar-refractivity contribution in [3.63, 3.8) is 0 Å². The van der Waals surface area contributed by atoms with Gasteiger partial charge in [-0.05, 0) is 36.0 Å². The Balaban J connectivity index is 1.62. The minimum atomic E-state index is 0.193. The first kappa shape index (κ1) is 17.1. The molecule has 0 bridgehead atoms. The molecule has 2 aromatic carbocycles. The summed E-state index contributed by atoms with van der Waals surface area (Å²) in [5.41, 5.74) is 8.46. The molecule has 5 nitrogen and oxygen atoms in total. The molecule has 0 radical (unpaired) electrons. The fraction of sp³-hybridized carbons (Fsp3) is 0.350. The summed E-state index contributed by atoms with van der Waals surface area (Å²) in [6, 6.07) is 16.4. The zero-order valence-electron chi connectivity index (χ0n) is 15.0. The minimum Gasteiger partial charge on any atom is -0.493 e. The van der Waals surface area contributed by atoms with Crippen molar-refractivity contribution in [2.24, 2.45) is 10.7 Å². The third-order valence-corrected chi connectivity index (χ3v) is 4.82. The fourth-order valence-corrected chi connectivity index (χ4v) is 3.44. The molecule has 1 fully saturated rings. The largest absolute Gasteiger partial charge is 0.493 e. The van der Waals surface area contributed by atoms with Gasteiger partial charge in [0.1, 0.15) is 0 Å². The summed E-state index contributed by atoms with van der Waals surface area (Å²) in [6.45, 7) is 2.28. The molecule has 2 aromatic rings. The van der Waals surface area contributed by atoms with Crippen LogP contribution in [0.1, 0.15) is 25.3 Å². The lowest BCUT2D eigenvalue weighted by Crippen LogP contribution is -2.42. The lowest BCUT2D eigenvalue weighted by Gasteiger charge is -2.44. The van der Waals surface area contributed by atoms with Gasteiger partial charge in [-0.15, -0.1) is 0 Å². The standard InChI is InChI=1S/C20H25N3O2/c1-20(14-7-5-4-6-8-14)12-16(13-20)23-19(21)22-15-9-10-17(24-2)18(11-15)25-3/h4-11,16H,12-13H2,1-3H3,(H3,21,22,23). The van der Waals surface area contributed by atoms with Gasteiger partial charge in [-0.2, -0.15) is 0 Å². The van der Waals surface area contributed by atoms with Crippen LogP contribution in [0.5, 0.6) is 11.5 Å². The van der Waals surface area contributed by atoms with Crippen molar-refractivity contribution in [2.45, 2.75) is 31.2 Å². The fourth-order valence-electron chi connectivity index (χ4n) is 3.44. The van der Waals surface area contributed by atoms with Crippen LogP contribution >= 0.6 is 0 Å². The topological polar surface area (TPSA) is 68.9 Å². The zero-order valence-corrected chi connectivity index (χ0v) is 15.0. The van der Waals surface area contributed by atoms with E-state index in [1.54, 1.807) is 14.2 Å². The van der Waals surface area contributed by atoms with Gasteiger partial charge in [0.15, 0.2) is 17.5 Å². The number of ether oxygens (including phenoxy) is 2. The molecule has 1 saturated carbocycles. The van der Waals surface area contributed by atoms with E-state index in [1.807, 2.05) is 24.3 Å². The highest BCUT2D eigenvalue weighted by molar-refractivity contribution is 5.92. The van der Waals surface area contributed by atoms with Crippen molar-refractivity contribution in [1.82, 2.24) is 0 Å². The molecule has 3 N–H and O–H groups in total. The predicted molar refractivity (Wildman–Crippen MR) is 102 cm³/mol. The van der Waals surface area contributed by atoms with Crippen LogP contribution in [0.3, 0.4) is 0 Å². The molecular formula is C20H25N3O2. The van der Waals surface area contributed by atoms with E-state index < -0.39 is 0 Å². The second-order valence-corrected chi connectivity index (χ2v) is 6.70. The Labute approximate surface area is 148 Å². The van der Waals surface area contributed by atoms with Crippen molar-refractivity contribution in [3.8, 4) is 11.5 Å². The lowest BCUT2D eigenvalue weighted by molar-refractivity contribution is 0.229. The van der Waals surface area contributed by atoms with Gasteiger partial charge in [0.05, 0.1) is 20.3 Å². The molecule has 0 unspecified atom stereocenters. The summed E-state index contributed by atoms with van der Waals surface area (Å²) >= 11 is 0. The number of rotatable bonds is 5. The molecule has 0 aliphatic heterocycles. The van der Waals surface area contributed by atoms with E-state index >= 15 is 0 Å². The summed E-state index contributed by atoms with van der Waals surface area (Å²) < 4.78 is 10.5. The number of anilines is 1. The van der Waals surface area contributed by atoms with Crippen LogP contribution in [0.2, 0.25) is 0 Å². The van der Waals surface area contributed by atoms with E-state index in [2.05, 4.69) is 41.5 Å². The Morgan fingerprint density at radius 2 is 1.76 bits per heavy atom. The smallest absolute Gasteiger partial charge is 0.193 e. The summed E-state index contributed by atoms with van der Waals surface area (Å²) in [6.07, 6.45) is 2.01. The van der Waals surface area contributed by atoms with Crippen LogP contribution < -0.4 is 20.5 Å². The van der Waals surface area contributed by atoms with Gasteiger partial charge in [-0.25, -0.2) is 4.99 Å². The van der Waals surface area contributed by atoms with Gasteiger partial charge in [0.25, 0.3) is 0 Å². The maximum Gasteiger partial charge on any atom is 0.193 e. The van der Waals surface area contributed by atoms with Gasteiger partial charge >= 0.3 is 0 Å². The lowest BCUT2D eigenvalue weighted by atomic mass is 9.63. The SMILES string of the molecule is COc1ccc(NC(N)=NC2CC(C)(c3ccccc3)C2)cc1OC. The van der Waals surface area contributed by atoms with Crippen LogP contribution in [0, 0.1) is 0 Å². The molecule has 0 heterocycles. The van der Waals surface area contributed by atoms with Gasteiger partial charge in [-0.1, -0.05) is 37.3 Å². The number of methoxy groups -OCH3 is 2. The third-order valence-electron chi connectivity index (χ3n) is 4.82. The maximum absolute atomic E-state index is 6.07. The monoisotopic (exact) mass is 339 g/mol. The number of nitrogens with two attached hydrogens (primary N) is 1. The Kier molecular flexibility index (Phi) is 4.83. The van der Waals surface area contributed by atoms with Crippen LogP contribution in [-0.2, 0) is 5.41 Å². The van der Waals surface area contributed by atoms with Crippen molar-refractivity contribution in [3.05, 3.63) is 54.1 Å². The zero-order chi connectivity index (χ0) is 17.9. The van der Waals surface area contributed by atoms with Crippen molar-refractivity contribution in [2.75, 3.05) is 19.5 Å². The average molecular weight is 339 g/mol. The average Bonchev–Trinajstić information content (AvgIpc) is 2.60. The highest BCUT2D eigenvalue weighted by Crippen LogP contribution is 2.44. The van der Waals surface area contributed by atoms with E-state index in [-0.39, 0.29) is 11.5 Å². The van der Waals surface area contributed by atoms with Gasteiger partial charge in [0, 0.05) is 11.8 Å². The molecule has 0 saturated heterocycles. The molecule has 5 heteroatoms. The quantitative estimate of drug-likeness (QED) is 0.646. The number of nitrogens with zero attached hydrogens (tertiary/aromatic N) is 1.